The molecule has 1 aromatic heterocycles. The summed E-state index contributed by atoms with van der Waals surface area (Å²) in [5, 5.41) is 3.49. The molecule has 7 nitrogen and oxygen atoms in total. The van der Waals surface area contributed by atoms with E-state index in [-0.39, 0.29) is 10.8 Å². The third-order valence-electron chi connectivity index (χ3n) is 4.73. The number of rotatable bonds is 7. The molecule has 0 fully saturated rings. The van der Waals surface area contributed by atoms with Gasteiger partial charge in [0.05, 0.1) is 18.3 Å². The van der Waals surface area contributed by atoms with Crippen molar-refractivity contribution in [3.8, 4) is 5.75 Å². The maximum absolute atomic E-state index is 13.1. The highest BCUT2D eigenvalue weighted by molar-refractivity contribution is 7.89. The van der Waals surface area contributed by atoms with Crippen LogP contribution in [0.2, 0.25) is 0 Å². The fraction of sp³-hybridized carbons (Fsp3) is 0.273. The Balaban J connectivity index is 1.91. The van der Waals surface area contributed by atoms with Gasteiger partial charge in [0.2, 0.25) is 15.9 Å². The molecule has 0 spiro atoms. The predicted molar refractivity (Wildman–Crippen MR) is 117 cm³/mol. The van der Waals surface area contributed by atoms with Gasteiger partial charge in [-0.25, -0.2) is 8.42 Å². The number of para-hydroxylation sites is 1. The van der Waals surface area contributed by atoms with Crippen molar-refractivity contribution >= 4 is 32.5 Å². The van der Waals surface area contributed by atoms with Gasteiger partial charge in [-0.15, -0.1) is 0 Å². The van der Waals surface area contributed by atoms with Gasteiger partial charge < -0.3 is 10.1 Å². The summed E-state index contributed by atoms with van der Waals surface area (Å²) >= 11 is 0. The van der Waals surface area contributed by atoms with E-state index >= 15 is 0 Å². The number of sulfonamides is 1. The SMILES string of the molecule is COc1ccc(C)cc1NC(=O)[C@H](NS(=O)(=O)c1cccc2cccnc12)C(C)C. The van der Waals surface area contributed by atoms with Gasteiger partial charge in [-0.3, -0.25) is 9.78 Å². The molecule has 30 heavy (non-hydrogen) atoms. The number of fused-ring (bicyclic) bond motifs is 1. The van der Waals surface area contributed by atoms with Crippen LogP contribution in [0.3, 0.4) is 0 Å². The van der Waals surface area contributed by atoms with Crippen molar-refractivity contribution in [3.63, 3.8) is 0 Å². The lowest BCUT2D eigenvalue weighted by molar-refractivity contribution is -0.118. The summed E-state index contributed by atoms with van der Waals surface area (Å²) in [6.45, 7) is 5.45. The summed E-state index contributed by atoms with van der Waals surface area (Å²) in [5.74, 6) is -0.262. The highest BCUT2D eigenvalue weighted by atomic mass is 32.2. The maximum Gasteiger partial charge on any atom is 0.243 e. The second kappa shape index (κ2) is 8.81. The molecule has 0 aliphatic heterocycles. The molecule has 0 unspecified atom stereocenters. The van der Waals surface area contributed by atoms with Crippen molar-refractivity contribution in [3.05, 3.63) is 60.3 Å². The van der Waals surface area contributed by atoms with Crippen LogP contribution in [0.15, 0.2) is 59.6 Å². The lowest BCUT2D eigenvalue weighted by Gasteiger charge is -2.22. The number of benzene rings is 2. The molecule has 3 aromatic rings. The van der Waals surface area contributed by atoms with E-state index in [0.29, 0.717) is 22.3 Å². The number of carbonyl (C=O) groups is 1. The van der Waals surface area contributed by atoms with Crippen LogP contribution in [0.5, 0.6) is 5.75 Å². The number of hydrogen-bond donors (Lipinski definition) is 2. The zero-order valence-electron chi connectivity index (χ0n) is 17.3. The van der Waals surface area contributed by atoms with Gasteiger partial charge in [0.1, 0.15) is 16.7 Å². The van der Waals surface area contributed by atoms with Crippen molar-refractivity contribution in [1.29, 1.82) is 0 Å². The fourth-order valence-electron chi connectivity index (χ4n) is 3.15. The largest absolute Gasteiger partial charge is 0.495 e. The van der Waals surface area contributed by atoms with Crippen molar-refractivity contribution in [2.45, 2.75) is 31.7 Å². The topological polar surface area (TPSA) is 97.4 Å². The van der Waals surface area contributed by atoms with E-state index < -0.39 is 22.0 Å². The number of nitrogens with one attached hydrogen (secondary N) is 2. The average molecular weight is 428 g/mol. The van der Waals surface area contributed by atoms with E-state index in [0.717, 1.165) is 5.56 Å². The number of amides is 1. The molecule has 158 valence electrons. The number of hydrogen-bond acceptors (Lipinski definition) is 5. The monoisotopic (exact) mass is 427 g/mol. The van der Waals surface area contributed by atoms with Gasteiger partial charge in [0, 0.05) is 11.6 Å². The molecule has 8 heteroatoms. The Bertz CT molecular complexity index is 1170. The first kappa shape index (κ1) is 21.7. The Morgan fingerprint density at radius 3 is 2.53 bits per heavy atom. The van der Waals surface area contributed by atoms with E-state index in [1.165, 1.54) is 19.4 Å². The van der Waals surface area contributed by atoms with E-state index in [9.17, 15) is 13.2 Å². The molecule has 1 heterocycles. The van der Waals surface area contributed by atoms with Gasteiger partial charge in [-0.2, -0.15) is 4.72 Å². The van der Waals surface area contributed by atoms with E-state index in [1.807, 2.05) is 13.0 Å². The van der Waals surface area contributed by atoms with Gasteiger partial charge in [0.15, 0.2) is 0 Å². The summed E-state index contributed by atoms with van der Waals surface area (Å²) in [4.78, 5) is 17.2. The maximum atomic E-state index is 13.1. The fourth-order valence-corrected chi connectivity index (χ4v) is 4.67. The van der Waals surface area contributed by atoms with E-state index in [1.54, 1.807) is 50.2 Å². The van der Waals surface area contributed by atoms with Gasteiger partial charge >= 0.3 is 0 Å². The molecule has 2 N–H and O–H groups in total. The van der Waals surface area contributed by atoms with Crippen molar-refractivity contribution in [2.75, 3.05) is 12.4 Å². The second-order valence-corrected chi connectivity index (χ2v) is 9.05. The Labute approximate surface area is 176 Å². The highest BCUT2D eigenvalue weighted by Gasteiger charge is 2.30. The minimum Gasteiger partial charge on any atom is -0.495 e. The Morgan fingerprint density at radius 1 is 1.10 bits per heavy atom. The van der Waals surface area contributed by atoms with E-state index in [2.05, 4.69) is 15.0 Å². The van der Waals surface area contributed by atoms with Crippen LogP contribution in [0.4, 0.5) is 5.69 Å². The predicted octanol–water partition coefficient (Wildman–Crippen LogP) is 3.49. The first-order valence-corrected chi connectivity index (χ1v) is 11.0. The normalized spacial score (nSPS) is 12.7. The van der Waals surface area contributed by atoms with Crippen LogP contribution >= 0.6 is 0 Å². The number of anilines is 1. The third kappa shape index (κ3) is 4.60. The summed E-state index contributed by atoms with van der Waals surface area (Å²) < 4.78 is 34.1. The van der Waals surface area contributed by atoms with Gasteiger partial charge in [-0.05, 0) is 42.7 Å². The zero-order chi connectivity index (χ0) is 21.9. The Kier molecular flexibility index (Phi) is 6.38. The van der Waals surface area contributed by atoms with Gasteiger partial charge in [0.25, 0.3) is 0 Å². The molecule has 0 radical (unpaired) electrons. The number of carbonyl (C=O) groups excluding carboxylic acids is 1. The second-order valence-electron chi connectivity index (χ2n) is 7.37. The lowest BCUT2D eigenvalue weighted by Crippen LogP contribution is -2.47. The molecule has 3 rings (SSSR count). The van der Waals surface area contributed by atoms with Crippen LogP contribution < -0.4 is 14.8 Å². The first-order chi connectivity index (χ1) is 14.2. The molecule has 1 atom stereocenters. The smallest absolute Gasteiger partial charge is 0.243 e. The summed E-state index contributed by atoms with van der Waals surface area (Å²) in [6.07, 6.45) is 1.54. The minimum atomic E-state index is -4.00. The Morgan fingerprint density at radius 2 is 1.83 bits per heavy atom. The molecule has 0 aliphatic rings. The van der Waals surface area contributed by atoms with Crippen LogP contribution in [0.1, 0.15) is 19.4 Å². The summed E-state index contributed by atoms with van der Waals surface area (Å²) in [5.41, 5.74) is 1.78. The van der Waals surface area contributed by atoms with Crippen LogP contribution in [0.25, 0.3) is 10.9 Å². The zero-order valence-corrected chi connectivity index (χ0v) is 18.2. The Hall–Kier alpha value is -2.97. The first-order valence-electron chi connectivity index (χ1n) is 9.54. The summed E-state index contributed by atoms with van der Waals surface area (Å²) in [6, 6.07) is 12.9. The molecular formula is C22H25N3O4S. The molecule has 0 bridgehead atoms. The number of aryl methyl sites for hydroxylation is 1. The molecular weight excluding hydrogens is 402 g/mol. The van der Waals surface area contributed by atoms with E-state index in [4.69, 9.17) is 4.74 Å². The number of aromatic nitrogens is 1. The molecule has 0 saturated carbocycles. The number of nitrogens with zero attached hydrogens (tertiary/aromatic N) is 1. The minimum absolute atomic E-state index is 0.0344. The molecule has 0 saturated heterocycles. The number of ether oxygens (including phenoxy) is 1. The highest BCUT2D eigenvalue weighted by Crippen LogP contribution is 2.26. The molecule has 0 aliphatic carbocycles. The quantitative estimate of drug-likeness (QED) is 0.602. The van der Waals surface area contributed by atoms with Crippen LogP contribution in [-0.4, -0.2) is 32.5 Å². The number of pyridine rings is 1. The van der Waals surface area contributed by atoms with Crippen molar-refractivity contribution < 1.29 is 17.9 Å². The third-order valence-corrected chi connectivity index (χ3v) is 6.20. The standard InChI is InChI=1S/C22H25N3O4S/c1-14(2)20(22(26)24-17-13-15(3)10-11-18(17)29-4)25-30(27,28)19-9-5-7-16-8-6-12-23-21(16)19/h5-14,20,25H,1-4H3,(H,24,26)/t20-/m1/s1. The van der Waals surface area contributed by atoms with Crippen molar-refractivity contribution in [2.24, 2.45) is 5.92 Å². The van der Waals surface area contributed by atoms with Gasteiger partial charge in [-0.1, -0.05) is 38.1 Å². The van der Waals surface area contributed by atoms with Crippen LogP contribution in [-0.2, 0) is 14.8 Å². The molecule has 1 amide bonds. The van der Waals surface area contributed by atoms with Crippen LogP contribution in [0, 0.1) is 12.8 Å². The number of methoxy groups -OCH3 is 1. The summed E-state index contributed by atoms with van der Waals surface area (Å²) in [7, 11) is -2.49. The van der Waals surface area contributed by atoms with Crippen molar-refractivity contribution in [1.82, 2.24) is 9.71 Å². The average Bonchev–Trinajstić information content (AvgIpc) is 2.71. The molecule has 2 aromatic carbocycles. The lowest BCUT2D eigenvalue weighted by atomic mass is 10.0.